The Kier molecular flexibility index (Phi) is 7.10. The molecule has 0 aromatic carbocycles. The van der Waals surface area contributed by atoms with E-state index in [9.17, 15) is 9.59 Å². The van der Waals surface area contributed by atoms with Crippen molar-refractivity contribution >= 4 is 22.8 Å². The van der Waals surface area contributed by atoms with Crippen LogP contribution in [0.25, 0.3) is 0 Å². The molecule has 0 aromatic heterocycles. The van der Waals surface area contributed by atoms with Gasteiger partial charge in [0.2, 0.25) is 0 Å². The van der Waals surface area contributed by atoms with Crippen LogP contribution < -0.4 is 21.9 Å². The van der Waals surface area contributed by atoms with E-state index >= 15 is 0 Å². The minimum atomic E-state index is -2.38. The Bertz CT molecular complexity index is 135. The van der Waals surface area contributed by atoms with Gasteiger partial charge in [0.15, 0.2) is 0 Å². The molecule has 0 radical (unpaired) electrons. The van der Waals surface area contributed by atoms with Crippen molar-refractivity contribution in [2.24, 2.45) is 0 Å². The van der Waals surface area contributed by atoms with Gasteiger partial charge < -0.3 is 21.9 Å². The normalized spacial score (nSPS) is 12.9. The van der Waals surface area contributed by atoms with E-state index in [4.69, 9.17) is 0 Å². The fourth-order valence-electron chi connectivity index (χ4n) is 0.725. The summed E-state index contributed by atoms with van der Waals surface area (Å²) >= 11 is 0. The number of hydrogen-bond donors (Lipinski definition) is 2. The topological polar surface area (TPSA) is 119 Å². The smallest absolute Gasteiger partial charge is 0.000850 e. The SMILES string of the molecule is C[Si](C)([O-])[Si](C)(C)[Si](C)(C)[O-].[NH4+].[NH4+]. The maximum atomic E-state index is 11.8. The van der Waals surface area contributed by atoms with Gasteiger partial charge in [0.1, 0.15) is 0 Å². The second-order valence-corrected chi connectivity index (χ2v) is 30.2. The number of hydrogen-bond acceptors (Lipinski definition) is 2. The van der Waals surface area contributed by atoms with Gasteiger partial charge >= 0.3 is 0 Å². The lowest BCUT2D eigenvalue weighted by Gasteiger charge is -2.57. The molecule has 13 heavy (non-hydrogen) atoms. The number of rotatable bonds is 2. The second kappa shape index (κ2) is 4.82. The quantitative estimate of drug-likeness (QED) is 0.694. The Morgan fingerprint density at radius 3 is 0.769 bits per heavy atom. The van der Waals surface area contributed by atoms with Gasteiger partial charge in [-0.3, -0.25) is 0 Å². The van der Waals surface area contributed by atoms with Gasteiger partial charge in [-0.05, 0) is 0 Å². The summed E-state index contributed by atoms with van der Waals surface area (Å²) in [6.07, 6.45) is 0. The van der Waals surface area contributed by atoms with E-state index in [1.54, 1.807) is 26.2 Å². The van der Waals surface area contributed by atoms with Crippen LogP contribution in [-0.4, -0.2) is 22.8 Å². The van der Waals surface area contributed by atoms with E-state index in [1.165, 1.54) is 0 Å². The fourth-order valence-corrected chi connectivity index (χ4v) is 19.6. The summed E-state index contributed by atoms with van der Waals surface area (Å²) in [4.78, 5) is 23.6. The van der Waals surface area contributed by atoms with Crippen molar-refractivity contribution in [3.8, 4) is 0 Å². The van der Waals surface area contributed by atoms with E-state index in [0.29, 0.717) is 0 Å². The molecule has 0 aliphatic rings. The molecule has 0 heterocycles. The van der Waals surface area contributed by atoms with Crippen LogP contribution in [0.5, 0.6) is 0 Å². The first-order valence-corrected chi connectivity index (χ1v) is 14.7. The standard InChI is InChI=1S/C6H18O2Si3.2H3N/c1-9(2,7)11(5,6)10(3,4)8;;/h1-6H3;2*1H3/q-2;;/p+2. The third kappa shape index (κ3) is 4.02. The molecule has 0 aliphatic carbocycles. The molecule has 0 aromatic rings. The lowest BCUT2D eigenvalue weighted by atomic mass is 11.9. The highest BCUT2D eigenvalue weighted by Gasteiger charge is 2.37. The summed E-state index contributed by atoms with van der Waals surface area (Å²) in [7, 11) is -6.70. The summed E-state index contributed by atoms with van der Waals surface area (Å²) in [5.74, 6) is 0. The third-order valence-electron chi connectivity index (χ3n) is 3.01. The maximum Gasteiger partial charge on any atom is 0.000850 e. The van der Waals surface area contributed by atoms with Crippen molar-refractivity contribution in [3.63, 3.8) is 0 Å². The summed E-state index contributed by atoms with van der Waals surface area (Å²) in [5.41, 5.74) is 0. The molecule has 4 nitrogen and oxygen atoms in total. The maximum absolute atomic E-state index is 11.8. The zero-order valence-electron chi connectivity index (χ0n) is 10.3. The van der Waals surface area contributed by atoms with Crippen LogP contribution >= 0.6 is 0 Å². The van der Waals surface area contributed by atoms with Gasteiger partial charge in [-0.25, -0.2) is 0 Å². The molecule has 0 unspecified atom stereocenters. The summed E-state index contributed by atoms with van der Waals surface area (Å²) in [6, 6.07) is 0. The van der Waals surface area contributed by atoms with Gasteiger partial charge in [-0.15, -0.1) is 0 Å². The van der Waals surface area contributed by atoms with E-state index < -0.39 is 22.8 Å². The number of quaternary nitrogens is 2. The molecule has 0 saturated carbocycles. The van der Waals surface area contributed by atoms with Crippen molar-refractivity contribution in [2.75, 3.05) is 0 Å². The van der Waals surface area contributed by atoms with E-state index in [-0.39, 0.29) is 12.3 Å². The molecule has 8 N–H and O–H groups in total. The molecule has 7 heteroatoms. The lowest BCUT2D eigenvalue weighted by molar-refractivity contribution is -0.203. The van der Waals surface area contributed by atoms with E-state index in [0.717, 1.165) is 0 Å². The van der Waals surface area contributed by atoms with Gasteiger partial charge in [0, 0.05) is 7.11 Å². The van der Waals surface area contributed by atoms with E-state index in [2.05, 4.69) is 0 Å². The Morgan fingerprint density at radius 2 is 0.769 bits per heavy atom. The summed E-state index contributed by atoms with van der Waals surface area (Å²) in [5, 5.41) is 0. The summed E-state index contributed by atoms with van der Waals surface area (Å²) in [6.45, 7) is 11.2. The minimum Gasteiger partial charge on any atom is -0.860 e. The first-order valence-electron chi connectivity index (χ1n) is 3.91. The van der Waals surface area contributed by atoms with Gasteiger partial charge in [-0.2, -0.15) is 0 Å². The predicted molar refractivity (Wildman–Crippen MR) is 64.4 cm³/mol. The van der Waals surface area contributed by atoms with Gasteiger partial charge in [0.05, 0.1) is 0 Å². The van der Waals surface area contributed by atoms with Crippen LogP contribution in [0.1, 0.15) is 0 Å². The molecule has 0 fully saturated rings. The van der Waals surface area contributed by atoms with Crippen LogP contribution in [0.15, 0.2) is 0 Å². The minimum absolute atomic E-state index is 0. The average Bonchev–Trinajstić information content (AvgIpc) is 1.58. The zero-order valence-corrected chi connectivity index (χ0v) is 13.3. The van der Waals surface area contributed by atoms with Crippen molar-refractivity contribution in [1.29, 1.82) is 0 Å². The Morgan fingerprint density at radius 1 is 0.615 bits per heavy atom. The van der Waals surface area contributed by atoms with E-state index in [1.807, 2.05) is 13.1 Å². The predicted octanol–water partition coefficient (Wildman–Crippen LogP) is 0.735. The van der Waals surface area contributed by atoms with Crippen molar-refractivity contribution in [1.82, 2.24) is 12.3 Å². The highest BCUT2D eigenvalue weighted by atomic mass is 29.7. The monoisotopic (exact) mass is 242 g/mol. The average molecular weight is 243 g/mol. The molecule has 0 rings (SSSR count). The first kappa shape index (κ1) is 19.1. The molecule has 0 aliphatic heterocycles. The molecule has 0 atom stereocenters. The van der Waals surface area contributed by atoms with Crippen molar-refractivity contribution in [3.05, 3.63) is 0 Å². The summed E-state index contributed by atoms with van der Waals surface area (Å²) < 4.78 is 0. The molecule has 0 amide bonds. The molecular formula is C6H26N2O2Si3. The largest absolute Gasteiger partial charge is 0.860 e. The molecular weight excluding hydrogens is 216 g/mol. The molecule has 0 saturated heterocycles. The van der Waals surface area contributed by atoms with Crippen LogP contribution in [0.2, 0.25) is 39.3 Å². The van der Waals surface area contributed by atoms with Crippen LogP contribution in [0.4, 0.5) is 0 Å². The van der Waals surface area contributed by atoms with Crippen LogP contribution in [0.3, 0.4) is 0 Å². The Hall–Kier alpha value is 0.491. The second-order valence-electron chi connectivity index (χ2n) is 4.65. The lowest BCUT2D eigenvalue weighted by Crippen LogP contribution is -2.80. The third-order valence-corrected chi connectivity index (χ3v) is 37.9. The van der Waals surface area contributed by atoms with Crippen molar-refractivity contribution in [2.45, 2.75) is 39.3 Å². The van der Waals surface area contributed by atoms with Crippen molar-refractivity contribution < 1.29 is 9.59 Å². The van der Waals surface area contributed by atoms with Gasteiger partial charge in [-0.1, -0.05) is 55.0 Å². The Labute approximate surface area is 84.4 Å². The van der Waals surface area contributed by atoms with Crippen LogP contribution in [0, 0.1) is 0 Å². The molecule has 0 spiro atoms. The van der Waals surface area contributed by atoms with Gasteiger partial charge in [0.25, 0.3) is 0 Å². The van der Waals surface area contributed by atoms with Crippen LogP contribution in [-0.2, 0) is 0 Å². The highest BCUT2D eigenvalue weighted by molar-refractivity contribution is 7.64. The molecule has 0 bridgehead atoms. The fraction of sp³-hybridized carbons (Fsp3) is 1.00. The molecule has 84 valence electrons. The first-order chi connectivity index (χ1) is 4.50. The Balaban J connectivity index is -0.000000500. The highest BCUT2D eigenvalue weighted by Crippen LogP contribution is 2.20. The zero-order chi connectivity index (χ0) is 9.50.